The number of carbonyl (C=O) groups is 1. The van der Waals surface area contributed by atoms with Crippen LogP contribution in [-0.4, -0.2) is 43.6 Å². The molecule has 0 aliphatic heterocycles. The normalized spacial score (nSPS) is 12.5. The summed E-state index contributed by atoms with van der Waals surface area (Å²) in [5.41, 5.74) is 1.70. The molecule has 0 saturated heterocycles. The van der Waals surface area contributed by atoms with E-state index in [0.29, 0.717) is 6.54 Å². The Morgan fingerprint density at radius 2 is 2.10 bits per heavy atom. The molecule has 0 radical (unpaired) electrons. The lowest BCUT2D eigenvalue weighted by Crippen LogP contribution is -2.36. The van der Waals surface area contributed by atoms with Gasteiger partial charge in [-0.1, -0.05) is 30.3 Å². The molecule has 1 aromatic heterocycles. The standard InChI is InChI=1S/C15H20N4O2/c1-3-12(2)18(11-15(20)21)9-13-10-19(17-16-13)14-7-5-4-6-8-14/h4-8,10,12H,3,9,11H2,1-2H3,(H,20,21)/t12-/m1/s1. The van der Waals surface area contributed by atoms with E-state index in [2.05, 4.69) is 10.3 Å². The number of aromatic nitrogens is 3. The van der Waals surface area contributed by atoms with Gasteiger partial charge in [-0.25, -0.2) is 4.68 Å². The Morgan fingerprint density at radius 1 is 1.38 bits per heavy atom. The van der Waals surface area contributed by atoms with E-state index in [1.165, 1.54) is 0 Å². The average Bonchev–Trinajstić information content (AvgIpc) is 2.95. The maximum absolute atomic E-state index is 11.0. The smallest absolute Gasteiger partial charge is 0.317 e. The molecule has 0 bridgehead atoms. The molecule has 0 spiro atoms. The number of rotatable bonds is 7. The molecule has 2 rings (SSSR count). The first-order valence-corrected chi connectivity index (χ1v) is 7.02. The summed E-state index contributed by atoms with van der Waals surface area (Å²) in [5.74, 6) is -0.828. The number of carboxylic acids is 1. The fraction of sp³-hybridized carbons (Fsp3) is 0.400. The molecule has 0 fully saturated rings. The Morgan fingerprint density at radius 3 is 2.71 bits per heavy atom. The highest BCUT2D eigenvalue weighted by atomic mass is 16.4. The van der Waals surface area contributed by atoms with Gasteiger partial charge in [-0.05, 0) is 25.5 Å². The van der Waals surface area contributed by atoms with Crippen LogP contribution in [0, 0.1) is 0 Å². The number of benzene rings is 1. The van der Waals surface area contributed by atoms with Crippen LogP contribution in [0.25, 0.3) is 5.69 Å². The minimum atomic E-state index is -0.828. The quantitative estimate of drug-likeness (QED) is 0.843. The van der Waals surface area contributed by atoms with Crippen LogP contribution in [0.2, 0.25) is 0 Å². The SMILES string of the molecule is CC[C@@H](C)N(CC(=O)O)Cc1cn(-c2ccccc2)nn1. The number of aliphatic carboxylic acids is 1. The zero-order chi connectivity index (χ0) is 15.2. The summed E-state index contributed by atoms with van der Waals surface area (Å²) >= 11 is 0. The third-order valence-corrected chi connectivity index (χ3v) is 3.48. The van der Waals surface area contributed by atoms with Crippen LogP contribution in [0.15, 0.2) is 36.5 Å². The van der Waals surface area contributed by atoms with E-state index in [-0.39, 0.29) is 12.6 Å². The molecular formula is C15H20N4O2. The molecule has 0 amide bonds. The van der Waals surface area contributed by atoms with E-state index in [4.69, 9.17) is 5.11 Å². The number of hydrogen-bond donors (Lipinski definition) is 1. The molecule has 1 aromatic carbocycles. The van der Waals surface area contributed by atoms with E-state index in [1.807, 2.05) is 55.3 Å². The summed E-state index contributed by atoms with van der Waals surface area (Å²) in [6.45, 7) is 4.55. The van der Waals surface area contributed by atoms with Gasteiger partial charge in [0.2, 0.25) is 0 Å². The van der Waals surface area contributed by atoms with Gasteiger partial charge in [0, 0.05) is 12.6 Å². The van der Waals surface area contributed by atoms with Gasteiger partial charge in [0.25, 0.3) is 0 Å². The fourth-order valence-corrected chi connectivity index (χ4v) is 2.09. The molecule has 1 atom stereocenters. The van der Waals surface area contributed by atoms with Gasteiger partial charge in [-0.3, -0.25) is 9.69 Å². The van der Waals surface area contributed by atoms with E-state index < -0.39 is 5.97 Å². The van der Waals surface area contributed by atoms with E-state index in [0.717, 1.165) is 17.8 Å². The van der Waals surface area contributed by atoms with Crippen molar-refractivity contribution in [1.29, 1.82) is 0 Å². The summed E-state index contributed by atoms with van der Waals surface area (Å²) in [6, 6.07) is 9.89. The van der Waals surface area contributed by atoms with Gasteiger partial charge < -0.3 is 5.11 Å². The molecule has 6 heteroatoms. The largest absolute Gasteiger partial charge is 0.480 e. The Kier molecular flexibility index (Phi) is 5.05. The molecule has 0 aliphatic rings. The van der Waals surface area contributed by atoms with Crippen molar-refractivity contribution in [1.82, 2.24) is 19.9 Å². The highest BCUT2D eigenvalue weighted by Gasteiger charge is 2.17. The van der Waals surface area contributed by atoms with Crippen molar-refractivity contribution in [2.75, 3.05) is 6.54 Å². The fourth-order valence-electron chi connectivity index (χ4n) is 2.09. The summed E-state index contributed by atoms with van der Waals surface area (Å²) in [4.78, 5) is 12.9. The molecule has 1 N–H and O–H groups in total. The van der Waals surface area contributed by atoms with E-state index >= 15 is 0 Å². The molecule has 2 aromatic rings. The predicted molar refractivity (Wildman–Crippen MR) is 79.2 cm³/mol. The lowest BCUT2D eigenvalue weighted by molar-refractivity contribution is -0.139. The first kappa shape index (κ1) is 15.2. The lowest BCUT2D eigenvalue weighted by Gasteiger charge is -2.25. The first-order chi connectivity index (χ1) is 10.1. The second-order valence-electron chi connectivity index (χ2n) is 5.05. The number of nitrogens with zero attached hydrogens (tertiary/aromatic N) is 4. The van der Waals surface area contributed by atoms with Crippen LogP contribution in [0.3, 0.4) is 0 Å². The van der Waals surface area contributed by atoms with Gasteiger partial charge in [0.1, 0.15) is 0 Å². The maximum Gasteiger partial charge on any atom is 0.317 e. The number of hydrogen-bond acceptors (Lipinski definition) is 4. The minimum absolute atomic E-state index is 0.00715. The zero-order valence-corrected chi connectivity index (χ0v) is 12.3. The van der Waals surface area contributed by atoms with Crippen molar-refractivity contribution in [3.8, 4) is 5.69 Å². The van der Waals surface area contributed by atoms with Crippen LogP contribution >= 0.6 is 0 Å². The molecular weight excluding hydrogens is 268 g/mol. The first-order valence-electron chi connectivity index (χ1n) is 7.02. The predicted octanol–water partition coefficient (Wildman–Crippen LogP) is 1.95. The van der Waals surface area contributed by atoms with Crippen LogP contribution in [0.5, 0.6) is 0 Å². The van der Waals surface area contributed by atoms with Crippen LogP contribution < -0.4 is 0 Å². The second kappa shape index (κ2) is 6.99. The van der Waals surface area contributed by atoms with Crippen molar-refractivity contribution < 1.29 is 9.90 Å². The van der Waals surface area contributed by atoms with Crippen molar-refractivity contribution in [3.63, 3.8) is 0 Å². The van der Waals surface area contributed by atoms with Crippen LogP contribution in [0.1, 0.15) is 26.0 Å². The second-order valence-corrected chi connectivity index (χ2v) is 5.05. The molecule has 0 unspecified atom stereocenters. The van der Waals surface area contributed by atoms with Gasteiger partial charge in [0.15, 0.2) is 0 Å². The minimum Gasteiger partial charge on any atom is -0.480 e. The summed E-state index contributed by atoms with van der Waals surface area (Å²) in [6.07, 6.45) is 2.73. The average molecular weight is 288 g/mol. The Balaban J connectivity index is 2.11. The van der Waals surface area contributed by atoms with Crippen molar-refractivity contribution in [3.05, 3.63) is 42.2 Å². The Hall–Kier alpha value is -2.21. The Bertz CT molecular complexity index is 582. The van der Waals surface area contributed by atoms with Gasteiger partial charge >= 0.3 is 5.97 Å². The Labute approximate surface area is 124 Å². The molecule has 1 heterocycles. The van der Waals surface area contributed by atoms with E-state index in [9.17, 15) is 4.79 Å². The third-order valence-electron chi connectivity index (χ3n) is 3.48. The van der Waals surface area contributed by atoms with E-state index in [1.54, 1.807) is 4.68 Å². The molecule has 21 heavy (non-hydrogen) atoms. The van der Waals surface area contributed by atoms with Gasteiger partial charge in [-0.15, -0.1) is 5.10 Å². The highest BCUT2D eigenvalue weighted by Crippen LogP contribution is 2.11. The zero-order valence-electron chi connectivity index (χ0n) is 12.3. The van der Waals surface area contributed by atoms with Crippen molar-refractivity contribution >= 4 is 5.97 Å². The molecule has 0 saturated carbocycles. The lowest BCUT2D eigenvalue weighted by atomic mass is 10.2. The summed E-state index contributed by atoms with van der Waals surface area (Å²) in [7, 11) is 0. The molecule has 0 aliphatic carbocycles. The highest BCUT2D eigenvalue weighted by molar-refractivity contribution is 5.69. The van der Waals surface area contributed by atoms with Gasteiger partial charge in [-0.2, -0.15) is 0 Å². The molecule has 112 valence electrons. The summed E-state index contributed by atoms with van der Waals surface area (Å²) < 4.78 is 1.70. The van der Waals surface area contributed by atoms with Crippen LogP contribution in [0.4, 0.5) is 0 Å². The monoisotopic (exact) mass is 288 g/mol. The van der Waals surface area contributed by atoms with Crippen LogP contribution in [-0.2, 0) is 11.3 Å². The number of para-hydroxylation sites is 1. The third kappa shape index (κ3) is 4.13. The maximum atomic E-state index is 11.0. The number of carboxylic acid groups (broad SMARTS) is 1. The summed E-state index contributed by atoms with van der Waals surface area (Å²) in [5, 5.41) is 17.2. The molecule has 6 nitrogen and oxygen atoms in total. The van der Waals surface area contributed by atoms with Crippen molar-refractivity contribution in [2.24, 2.45) is 0 Å². The topological polar surface area (TPSA) is 71.2 Å². The van der Waals surface area contributed by atoms with Crippen molar-refractivity contribution in [2.45, 2.75) is 32.9 Å². The van der Waals surface area contributed by atoms with Gasteiger partial charge in [0.05, 0.1) is 24.1 Å².